The fourth-order valence-electron chi connectivity index (χ4n) is 4.25. The Morgan fingerprint density at radius 3 is 2.78 bits per heavy atom. The Kier molecular flexibility index (Phi) is 6.17. The summed E-state index contributed by atoms with van der Waals surface area (Å²) in [5.74, 6) is 1.36. The first-order valence-electron chi connectivity index (χ1n) is 10.7. The van der Waals surface area contributed by atoms with Gasteiger partial charge in [0.15, 0.2) is 11.0 Å². The number of nitrogens with zero attached hydrogens (tertiary/aromatic N) is 4. The second kappa shape index (κ2) is 9.21. The highest BCUT2D eigenvalue weighted by Gasteiger charge is 2.33. The predicted octanol–water partition coefficient (Wildman–Crippen LogP) is 5.66. The fourth-order valence-corrected chi connectivity index (χ4v) is 6.90. The maximum atomic E-state index is 13.4. The largest absolute Gasteiger partial charge is 0.330 e. The lowest BCUT2D eigenvalue weighted by Crippen LogP contribution is -2.40. The molecule has 0 fully saturated rings. The minimum absolute atomic E-state index is 0.0182. The summed E-state index contributed by atoms with van der Waals surface area (Å²) >= 11 is 5.00. The summed E-state index contributed by atoms with van der Waals surface area (Å²) in [7, 11) is 0. The third kappa shape index (κ3) is 3.91. The van der Waals surface area contributed by atoms with Gasteiger partial charge in [-0.15, -0.1) is 32.9 Å². The van der Waals surface area contributed by atoms with E-state index in [9.17, 15) is 4.79 Å². The lowest BCUT2D eigenvalue weighted by molar-refractivity contribution is -0.130. The number of fused-ring (bicyclic) bond motifs is 1. The number of amides is 1. The summed E-state index contributed by atoms with van der Waals surface area (Å²) in [6, 6.07) is 14.6. The summed E-state index contributed by atoms with van der Waals surface area (Å²) in [5, 5.41) is 13.9. The highest BCUT2D eigenvalue weighted by molar-refractivity contribution is 7.99. The van der Waals surface area contributed by atoms with Crippen molar-refractivity contribution in [3.05, 3.63) is 74.1 Å². The van der Waals surface area contributed by atoms with E-state index in [4.69, 9.17) is 0 Å². The second-order valence-electron chi connectivity index (χ2n) is 7.71. The van der Waals surface area contributed by atoms with E-state index in [-0.39, 0.29) is 11.9 Å². The average Bonchev–Trinajstić information content (AvgIpc) is 3.57. The Balaban J connectivity index is 1.37. The lowest BCUT2D eigenvalue weighted by atomic mass is 9.98. The first-order chi connectivity index (χ1) is 15.7. The van der Waals surface area contributed by atoms with Crippen LogP contribution in [0.3, 0.4) is 0 Å². The van der Waals surface area contributed by atoms with Gasteiger partial charge in [-0.3, -0.25) is 4.79 Å². The molecule has 4 aromatic rings. The van der Waals surface area contributed by atoms with Gasteiger partial charge in [-0.05, 0) is 54.3 Å². The molecule has 0 radical (unpaired) electrons. The molecule has 3 aromatic heterocycles. The van der Waals surface area contributed by atoms with Gasteiger partial charge in [0.1, 0.15) is 0 Å². The minimum atomic E-state index is 0.0182. The molecule has 0 N–H and O–H groups in total. The molecular formula is C24H24N4OS3. The number of aryl methyl sites for hydroxylation is 1. The normalized spacial score (nSPS) is 15.7. The zero-order valence-corrected chi connectivity index (χ0v) is 20.5. The molecule has 1 amide bonds. The molecule has 1 atom stereocenters. The van der Waals surface area contributed by atoms with Crippen LogP contribution in [-0.2, 0) is 17.8 Å². The molecule has 0 aliphatic carbocycles. The Hall–Kier alpha value is -2.42. The van der Waals surface area contributed by atoms with Crippen LogP contribution in [0.2, 0.25) is 0 Å². The number of carbonyl (C=O) groups is 1. The van der Waals surface area contributed by atoms with Crippen molar-refractivity contribution >= 4 is 40.3 Å². The molecule has 4 heterocycles. The summed E-state index contributed by atoms with van der Waals surface area (Å²) in [4.78, 5) is 18.1. The van der Waals surface area contributed by atoms with Crippen LogP contribution in [-0.4, -0.2) is 37.9 Å². The maximum absolute atomic E-state index is 13.4. The number of hydrogen-bond donors (Lipinski definition) is 0. The molecule has 0 saturated heterocycles. The molecule has 5 nitrogen and oxygen atoms in total. The minimum Gasteiger partial charge on any atom is -0.330 e. The smallest absolute Gasteiger partial charge is 0.233 e. The van der Waals surface area contributed by atoms with Crippen molar-refractivity contribution in [1.29, 1.82) is 0 Å². The van der Waals surface area contributed by atoms with Crippen LogP contribution in [0.1, 0.15) is 33.8 Å². The van der Waals surface area contributed by atoms with Crippen molar-refractivity contribution in [2.75, 3.05) is 12.3 Å². The molecule has 5 rings (SSSR count). The van der Waals surface area contributed by atoms with Gasteiger partial charge < -0.3 is 9.47 Å². The SMILES string of the molecule is CCn1c(SCC(=O)N2CCc3sccc3C2c2cccs2)nnc1-c1ccccc1C. The topological polar surface area (TPSA) is 51.0 Å². The molecule has 0 spiro atoms. The number of benzene rings is 1. The molecule has 164 valence electrons. The molecule has 1 unspecified atom stereocenters. The van der Waals surface area contributed by atoms with E-state index in [2.05, 4.69) is 69.7 Å². The number of thioether (sulfide) groups is 1. The van der Waals surface area contributed by atoms with Gasteiger partial charge in [-0.1, -0.05) is 42.1 Å². The van der Waals surface area contributed by atoms with Crippen LogP contribution in [0.25, 0.3) is 11.4 Å². The van der Waals surface area contributed by atoms with Crippen molar-refractivity contribution in [2.45, 2.75) is 38.0 Å². The second-order valence-corrected chi connectivity index (χ2v) is 10.6. The highest BCUT2D eigenvalue weighted by atomic mass is 32.2. The zero-order valence-electron chi connectivity index (χ0n) is 18.0. The van der Waals surface area contributed by atoms with Crippen molar-refractivity contribution in [3.63, 3.8) is 0 Å². The number of thiophene rings is 2. The van der Waals surface area contributed by atoms with E-state index in [1.54, 1.807) is 22.7 Å². The lowest BCUT2D eigenvalue weighted by Gasteiger charge is -2.35. The van der Waals surface area contributed by atoms with E-state index < -0.39 is 0 Å². The van der Waals surface area contributed by atoms with E-state index >= 15 is 0 Å². The van der Waals surface area contributed by atoms with E-state index in [1.165, 1.54) is 32.6 Å². The zero-order chi connectivity index (χ0) is 22.1. The number of rotatable bonds is 6. The van der Waals surface area contributed by atoms with Crippen molar-refractivity contribution in [3.8, 4) is 11.4 Å². The molecule has 1 aliphatic rings. The Bertz CT molecular complexity index is 1230. The Morgan fingerprint density at radius 1 is 1.12 bits per heavy atom. The van der Waals surface area contributed by atoms with Gasteiger partial charge in [0.25, 0.3) is 0 Å². The average molecular weight is 481 g/mol. The number of hydrogen-bond acceptors (Lipinski definition) is 6. The van der Waals surface area contributed by atoms with E-state index in [0.29, 0.717) is 5.75 Å². The van der Waals surface area contributed by atoms with Gasteiger partial charge >= 0.3 is 0 Å². The Morgan fingerprint density at radius 2 is 2.00 bits per heavy atom. The van der Waals surface area contributed by atoms with Gasteiger partial charge in [-0.2, -0.15) is 0 Å². The first-order valence-corrected chi connectivity index (χ1v) is 13.4. The molecule has 0 saturated carbocycles. The van der Waals surface area contributed by atoms with Crippen LogP contribution >= 0.6 is 34.4 Å². The number of carbonyl (C=O) groups excluding carboxylic acids is 1. The molecule has 32 heavy (non-hydrogen) atoms. The van der Waals surface area contributed by atoms with Crippen LogP contribution in [0.4, 0.5) is 0 Å². The maximum Gasteiger partial charge on any atom is 0.233 e. The fraction of sp³-hybridized carbons (Fsp3) is 0.292. The molecule has 1 aromatic carbocycles. The summed E-state index contributed by atoms with van der Waals surface area (Å²) in [5.41, 5.74) is 3.53. The number of aromatic nitrogens is 3. The van der Waals surface area contributed by atoms with Gasteiger partial charge in [0.05, 0.1) is 11.8 Å². The molecule has 8 heteroatoms. The third-order valence-electron chi connectivity index (χ3n) is 5.84. The standard InChI is InChI=1S/C24H24N4OS3/c1-3-27-23(17-8-5-4-7-16(17)2)25-26-24(27)32-15-21(29)28-12-10-19-18(11-14-31-19)22(28)20-9-6-13-30-20/h4-9,11,13-14,22H,3,10,12,15H2,1-2H3. The van der Waals surface area contributed by atoms with Crippen molar-refractivity contribution in [2.24, 2.45) is 0 Å². The quantitative estimate of drug-likeness (QED) is 0.334. The third-order valence-corrected chi connectivity index (χ3v) is 8.72. The van der Waals surface area contributed by atoms with E-state index in [1.807, 2.05) is 17.0 Å². The predicted molar refractivity (Wildman–Crippen MR) is 132 cm³/mol. The monoisotopic (exact) mass is 480 g/mol. The van der Waals surface area contributed by atoms with Gasteiger partial charge in [-0.25, -0.2) is 0 Å². The van der Waals surface area contributed by atoms with Gasteiger partial charge in [0, 0.05) is 28.4 Å². The van der Waals surface area contributed by atoms with Crippen LogP contribution in [0, 0.1) is 6.92 Å². The van der Waals surface area contributed by atoms with E-state index in [0.717, 1.165) is 36.1 Å². The summed E-state index contributed by atoms with van der Waals surface area (Å²) in [6.07, 6.45) is 0.924. The molecule has 0 bridgehead atoms. The van der Waals surface area contributed by atoms with Crippen LogP contribution < -0.4 is 0 Å². The first kappa shape index (κ1) is 21.4. The van der Waals surface area contributed by atoms with Crippen LogP contribution in [0.15, 0.2) is 58.4 Å². The van der Waals surface area contributed by atoms with Crippen molar-refractivity contribution < 1.29 is 4.79 Å². The highest BCUT2D eigenvalue weighted by Crippen LogP contribution is 2.40. The molecular weight excluding hydrogens is 456 g/mol. The summed E-state index contributed by atoms with van der Waals surface area (Å²) in [6.45, 7) is 5.68. The molecule has 1 aliphatic heterocycles. The Labute approximate surface area is 200 Å². The van der Waals surface area contributed by atoms with Crippen LogP contribution in [0.5, 0.6) is 0 Å². The summed E-state index contributed by atoms with van der Waals surface area (Å²) < 4.78 is 2.10. The van der Waals surface area contributed by atoms with Gasteiger partial charge in [0.2, 0.25) is 5.91 Å². The van der Waals surface area contributed by atoms with Crippen molar-refractivity contribution in [1.82, 2.24) is 19.7 Å².